The van der Waals surface area contributed by atoms with Crippen LogP contribution in [0.2, 0.25) is 0 Å². The van der Waals surface area contributed by atoms with Crippen LogP contribution in [0.5, 0.6) is 0 Å². The van der Waals surface area contributed by atoms with Crippen molar-refractivity contribution in [3.05, 3.63) is 48.5 Å². The number of piperazine rings is 1. The van der Waals surface area contributed by atoms with Gasteiger partial charge in [0.2, 0.25) is 10.0 Å². The summed E-state index contributed by atoms with van der Waals surface area (Å²) in [5, 5.41) is 7.78. The molecule has 2 aromatic rings. The molecule has 0 radical (unpaired) electrons. The number of hydrogen-bond donors (Lipinski definition) is 4. The minimum atomic E-state index is -5.92. The van der Waals surface area contributed by atoms with Crippen molar-refractivity contribution in [3.8, 4) is 0 Å². The Morgan fingerprint density at radius 3 is 2.51 bits per heavy atom. The Morgan fingerprint density at radius 2 is 1.80 bits per heavy atom. The second kappa shape index (κ2) is 14.4. The Hall–Kier alpha value is -2.00. The number of fused-ring (bicyclic) bond motifs is 1. The zero-order chi connectivity index (χ0) is 32.2. The smallest absolute Gasteiger partial charge is 0.380 e. The van der Waals surface area contributed by atoms with Gasteiger partial charge in [0.1, 0.15) is 11.2 Å². The van der Waals surface area contributed by atoms with Crippen LogP contribution in [0.15, 0.2) is 63.2 Å². The van der Waals surface area contributed by atoms with Gasteiger partial charge in [-0.2, -0.15) is 17.9 Å². The van der Waals surface area contributed by atoms with Gasteiger partial charge in [-0.1, -0.05) is 18.2 Å². The fourth-order valence-corrected chi connectivity index (χ4v) is 8.69. The van der Waals surface area contributed by atoms with Crippen LogP contribution in [-0.2, 0) is 24.6 Å². The first kappa shape index (κ1) is 34.3. The van der Waals surface area contributed by atoms with Gasteiger partial charge in [-0.05, 0) is 36.8 Å². The highest BCUT2D eigenvalue weighted by Crippen LogP contribution is 2.37. The molecule has 45 heavy (non-hydrogen) atoms. The molecule has 2 aromatic carbocycles. The second-order valence-electron chi connectivity index (χ2n) is 11.0. The predicted molar refractivity (Wildman–Crippen MR) is 165 cm³/mol. The first-order chi connectivity index (χ1) is 21.3. The third-order valence-corrected chi connectivity index (χ3v) is 12.0. The van der Waals surface area contributed by atoms with Crippen molar-refractivity contribution >= 4 is 37.3 Å². The van der Waals surface area contributed by atoms with E-state index in [1.54, 1.807) is 12.1 Å². The summed E-state index contributed by atoms with van der Waals surface area (Å²) in [4.78, 5) is 3.26. The molecule has 0 amide bonds. The minimum absolute atomic E-state index is 0.188. The lowest BCUT2D eigenvalue weighted by molar-refractivity contribution is -0.0435. The average molecular weight is 694 g/mol. The van der Waals surface area contributed by atoms with Crippen molar-refractivity contribution in [3.63, 3.8) is 0 Å². The zero-order valence-electron chi connectivity index (χ0n) is 24.7. The monoisotopic (exact) mass is 693 g/mol. The van der Waals surface area contributed by atoms with E-state index in [4.69, 9.17) is 4.74 Å². The Morgan fingerprint density at radius 1 is 1.07 bits per heavy atom. The van der Waals surface area contributed by atoms with E-state index in [2.05, 4.69) is 25.7 Å². The number of alkyl halides is 3. The summed E-state index contributed by atoms with van der Waals surface area (Å²) in [5.74, 6) is 0.425. The molecule has 5 rings (SSSR count). The number of nitrogens with zero attached hydrogens (tertiary/aromatic N) is 3. The van der Waals surface area contributed by atoms with Crippen LogP contribution in [0.1, 0.15) is 6.42 Å². The maximum atomic E-state index is 14.0. The number of sulfonamides is 1. The molecule has 3 heterocycles. The molecule has 250 valence electrons. The first-order valence-corrected chi connectivity index (χ1v) is 18.5. The standard InChI is InChI=1S/C27H38F3N7O5S3/c1-35-26(37-12-10-31-18-25(37)33-35)34-45(40,41)22-7-8-23(24(17-22)44(38,39)27(28,29)30)32-20(9-11-36-13-15-42-16-14-36)19-43-21-5-3-2-4-6-21/h2-8,17,20,25-26,31-34H,9-16,18-19H2,1H3/t20-,25?,26?/m1/s1. The molecular weight excluding hydrogens is 656 g/mol. The SMILES string of the molecule is CN1NC2CNCCN2C1NS(=O)(=O)c1ccc(N[C@H](CCN2CCOCC2)CSc2ccccc2)c(S(=O)(=O)C(F)(F)F)c1. The van der Waals surface area contributed by atoms with Gasteiger partial charge in [0.25, 0.3) is 9.84 Å². The molecule has 0 aliphatic carbocycles. The van der Waals surface area contributed by atoms with Crippen LogP contribution in [0.3, 0.4) is 0 Å². The molecule has 3 aliphatic heterocycles. The van der Waals surface area contributed by atoms with Gasteiger partial charge >= 0.3 is 5.51 Å². The minimum Gasteiger partial charge on any atom is -0.380 e. The lowest BCUT2D eigenvalue weighted by atomic mass is 10.2. The van der Waals surface area contributed by atoms with Gasteiger partial charge in [0, 0.05) is 63.0 Å². The van der Waals surface area contributed by atoms with E-state index < -0.39 is 47.5 Å². The molecular formula is C27H38F3N7O5S3. The van der Waals surface area contributed by atoms with Crippen molar-refractivity contribution in [1.29, 1.82) is 0 Å². The summed E-state index contributed by atoms with van der Waals surface area (Å²) in [7, 11) is -8.73. The maximum Gasteiger partial charge on any atom is 0.501 e. The van der Waals surface area contributed by atoms with E-state index in [9.17, 15) is 30.0 Å². The number of benzene rings is 2. The maximum absolute atomic E-state index is 14.0. The van der Waals surface area contributed by atoms with Crippen molar-refractivity contribution in [2.45, 2.75) is 45.1 Å². The number of ether oxygens (including phenoxy) is 1. The molecule has 3 atom stereocenters. The number of hydrazine groups is 1. The zero-order valence-corrected chi connectivity index (χ0v) is 27.1. The third-order valence-electron chi connectivity index (χ3n) is 7.89. The van der Waals surface area contributed by atoms with Gasteiger partial charge in [-0.3, -0.25) is 9.80 Å². The molecule has 0 spiro atoms. The van der Waals surface area contributed by atoms with Crippen LogP contribution in [-0.4, -0.2) is 121 Å². The molecule has 12 nitrogen and oxygen atoms in total. The highest BCUT2D eigenvalue weighted by molar-refractivity contribution is 7.99. The van der Waals surface area contributed by atoms with E-state index in [1.807, 2.05) is 35.2 Å². The Bertz CT molecular complexity index is 1510. The van der Waals surface area contributed by atoms with Crippen LogP contribution in [0.25, 0.3) is 0 Å². The highest BCUT2D eigenvalue weighted by Gasteiger charge is 2.49. The number of hydrogen-bond acceptors (Lipinski definition) is 12. The van der Waals surface area contributed by atoms with E-state index in [0.29, 0.717) is 70.7 Å². The molecule has 3 fully saturated rings. The second-order valence-corrected chi connectivity index (χ2v) is 15.7. The summed E-state index contributed by atoms with van der Waals surface area (Å²) < 4.78 is 102. The van der Waals surface area contributed by atoms with Gasteiger partial charge in [-0.15, -0.1) is 11.8 Å². The van der Waals surface area contributed by atoms with Gasteiger partial charge in [-0.25, -0.2) is 27.3 Å². The van der Waals surface area contributed by atoms with Crippen molar-refractivity contribution in [2.24, 2.45) is 0 Å². The lowest BCUT2D eigenvalue weighted by Gasteiger charge is -2.33. The van der Waals surface area contributed by atoms with Crippen LogP contribution >= 0.6 is 11.8 Å². The predicted octanol–water partition coefficient (Wildman–Crippen LogP) is 1.52. The Labute approximate surface area is 266 Å². The van der Waals surface area contributed by atoms with Gasteiger partial charge in [0.15, 0.2) is 0 Å². The van der Waals surface area contributed by atoms with E-state index >= 15 is 0 Å². The number of morpholine rings is 1. The van der Waals surface area contributed by atoms with Crippen LogP contribution in [0, 0.1) is 0 Å². The summed E-state index contributed by atoms with van der Waals surface area (Å²) >= 11 is 1.48. The summed E-state index contributed by atoms with van der Waals surface area (Å²) in [6.45, 7) is 4.90. The number of sulfone groups is 1. The normalized spacial score (nSPS) is 23.1. The number of nitrogens with one attached hydrogen (secondary N) is 4. The largest absolute Gasteiger partial charge is 0.501 e. The van der Waals surface area contributed by atoms with Crippen molar-refractivity contribution in [1.82, 2.24) is 30.3 Å². The fourth-order valence-electron chi connectivity index (χ4n) is 5.44. The molecule has 18 heteroatoms. The molecule has 0 saturated carbocycles. The van der Waals surface area contributed by atoms with E-state index in [1.165, 1.54) is 11.8 Å². The molecule has 4 N–H and O–H groups in total. The number of anilines is 1. The topological polar surface area (TPSA) is 135 Å². The molecule has 3 saturated heterocycles. The van der Waals surface area contributed by atoms with Gasteiger partial charge in [0.05, 0.1) is 30.0 Å². The van der Waals surface area contributed by atoms with Crippen LogP contribution in [0.4, 0.5) is 18.9 Å². The molecule has 2 unspecified atom stereocenters. The van der Waals surface area contributed by atoms with Crippen molar-refractivity contribution < 1.29 is 34.7 Å². The van der Waals surface area contributed by atoms with E-state index in [0.717, 1.165) is 17.0 Å². The number of rotatable bonds is 12. The van der Waals surface area contributed by atoms with Crippen LogP contribution < -0.4 is 20.8 Å². The number of halogens is 3. The molecule has 0 bridgehead atoms. The van der Waals surface area contributed by atoms with E-state index in [-0.39, 0.29) is 11.9 Å². The molecule has 0 aromatic heterocycles. The summed E-state index contributed by atoms with van der Waals surface area (Å²) in [6, 6.07) is 11.8. The molecule has 3 aliphatic rings. The Balaban J connectivity index is 1.42. The van der Waals surface area contributed by atoms with Crippen molar-refractivity contribution in [2.75, 3.05) is 70.6 Å². The summed E-state index contributed by atoms with van der Waals surface area (Å²) in [6.07, 6.45) is -0.519. The first-order valence-electron chi connectivity index (χ1n) is 14.5. The highest BCUT2D eigenvalue weighted by atomic mass is 32.2. The number of thioether (sulfide) groups is 1. The third kappa shape index (κ3) is 8.30. The average Bonchev–Trinajstić information content (AvgIpc) is 3.32. The Kier molecular flexibility index (Phi) is 11.0. The fraction of sp³-hybridized carbons (Fsp3) is 0.556. The quantitative estimate of drug-likeness (QED) is 0.240. The lowest BCUT2D eigenvalue weighted by Crippen LogP contribution is -2.57. The van der Waals surface area contributed by atoms with Gasteiger partial charge < -0.3 is 15.4 Å². The summed E-state index contributed by atoms with van der Waals surface area (Å²) in [5.41, 5.74) is -2.83.